The van der Waals surface area contributed by atoms with Crippen molar-refractivity contribution in [2.75, 3.05) is 24.6 Å². The van der Waals surface area contributed by atoms with E-state index in [1.54, 1.807) is 5.57 Å². The van der Waals surface area contributed by atoms with Gasteiger partial charge in [0, 0.05) is 35.2 Å². The number of piperidine rings is 2. The van der Waals surface area contributed by atoms with Crippen LogP contribution in [0.2, 0.25) is 0 Å². The van der Waals surface area contributed by atoms with Crippen molar-refractivity contribution in [3.05, 3.63) is 82.4 Å². The van der Waals surface area contributed by atoms with Gasteiger partial charge < -0.3 is 9.64 Å². The molecule has 6 unspecified atom stereocenters. The van der Waals surface area contributed by atoms with Gasteiger partial charge in [-0.1, -0.05) is 59.7 Å². The van der Waals surface area contributed by atoms with Crippen LogP contribution in [0.3, 0.4) is 0 Å². The van der Waals surface area contributed by atoms with Gasteiger partial charge in [-0.05, 0) is 55.5 Å². The number of anilines is 1. The van der Waals surface area contributed by atoms with Gasteiger partial charge in [-0.25, -0.2) is 0 Å². The van der Waals surface area contributed by atoms with Crippen molar-refractivity contribution in [2.45, 2.75) is 43.4 Å². The minimum Gasteiger partial charge on any atom is -0.369 e. The summed E-state index contributed by atoms with van der Waals surface area (Å²) in [6.45, 7) is 4.91. The first kappa shape index (κ1) is 18.7. The number of amides is 1. The van der Waals surface area contributed by atoms with Crippen LogP contribution in [0.4, 0.5) is 5.69 Å². The lowest BCUT2D eigenvalue weighted by Crippen LogP contribution is -2.69. The van der Waals surface area contributed by atoms with Crippen molar-refractivity contribution in [3.63, 3.8) is 0 Å². The molecule has 6 aliphatic rings. The second kappa shape index (κ2) is 6.25. The van der Waals surface area contributed by atoms with Gasteiger partial charge in [0.2, 0.25) is 0 Å². The number of ether oxygens (including phenoxy) is 1. The largest absolute Gasteiger partial charge is 0.369 e. The van der Waals surface area contributed by atoms with Gasteiger partial charge >= 0.3 is 0 Å². The van der Waals surface area contributed by atoms with E-state index in [4.69, 9.17) is 4.74 Å². The number of rotatable bonds is 1. The van der Waals surface area contributed by atoms with Gasteiger partial charge in [0.1, 0.15) is 0 Å². The van der Waals surface area contributed by atoms with Crippen LogP contribution >= 0.6 is 0 Å². The Balaban J connectivity index is 1.38. The fourth-order valence-corrected chi connectivity index (χ4v) is 8.43. The summed E-state index contributed by atoms with van der Waals surface area (Å²) >= 11 is 0. The van der Waals surface area contributed by atoms with Crippen molar-refractivity contribution in [2.24, 2.45) is 11.8 Å². The molecular weight excluding hydrogens is 408 g/mol. The lowest BCUT2D eigenvalue weighted by atomic mass is 9.53. The zero-order valence-electron chi connectivity index (χ0n) is 18.9. The monoisotopic (exact) mass is 436 g/mol. The molecular formula is C29H28N2O2. The highest BCUT2D eigenvalue weighted by Gasteiger charge is 2.71. The number of nitrogens with zero attached hydrogens (tertiary/aromatic N) is 2. The molecule has 3 saturated heterocycles. The third kappa shape index (κ3) is 2.17. The van der Waals surface area contributed by atoms with Crippen LogP contribution in [0.15, 0.2) is 65.8 Å². The number of aryl methyl sites for hydroxylation is 1. The van der Waals surface area contributed by atoms with E-state index < -0.39 is 0 Å². The fraction of sp³-hybridized carbons (Fsp3) is 0.414. The van der Waals surface area contributed by atoms with Crippen molar-refractivity contribution in [3.8, 4) is 0 Å². The first-order valence-corrected chi connectivity index (χ1v) is 12.4. The van der Waals surface area contributed by atoms with Gasteiger partial charge in [0.15, 0.2) is 0 Å². The number of carbonyl (C=O) groups excluding carboxylic acids is 1. The molecule has 4 fully saturated rings. The number of benzene rings is 2. The van der Waals surface area contributed by atoms with Gasteiger partial charge in [-0.2, -0.15) is 0 Å². The van der Waals surface area contributed by atoms with Crippen molar-refractivity contribution in [1.29, 1.82) is 0 Å². The van der Waals surface area contributed by atoms with E-state index >= 15 is 0 Å². The van der Waals surface area contributed by atoms with Crippen LogP contribution in [-0.4, -0.2) is 48.7 Å². The molecule has 1 saturated carbocycles. The first-order chi connectivity index (χ1) is 16.2. The highest BCUT2D eigenvalue weighted by molar-refractivity contribution is 6.12. The van der Waals surface area contributed by atoms with E-state index in [1.807, 2.05) is 0 Å². The lowest BCUT2D eigenvalue weighted by Gasteiger charge is -2.59. The van der Waals surface area contributed by atoms with Gasteiger partial charge in [-0.15, -0.1) is 0 Å². The second-order valence-corrected chi connectivity index (χ2v) is 10.9. The molecule has 1 amide bonds. The van der Waals surface area contributed by atoms with Crippen LogP contribution in [-0.2, 0) is 14.9 Å². The Morgan fingerprint density at radius 1 is 1.12 bits per heavy atom. The molecule has 0 N–H and O–H groups in total. The summed E-state index contributed by atoms with van der Waals surface area (Å²) in [4.78, 5) is 19.2. The Morgan fingerprint density at radius 3 is 2.85 bits per heavy atom. The maximum atomic E-state index is 14.3. The maximum Gasteiger partial charge on any atom is 0.257 e. The smallest absolute Gasteiger partial charge is 0.257 e. The molecule has 2 bridgehead atoms. The standard InChI is InChI=1S/C29H28N2O2/c1-17-6-8-18(9-7-17)14-21-26-25-20-15-24-29(11-12-30(24)16-19(20)10-13-33-26)22-4-2-3-5-23(22)31(27(25)29)28(21)32/h2-10,14,20,24-27H,11-13,15-16H2,1H3. The SMILES string of the molecule is Cc1ccc(C=C2C(=O)N3c4ccccc4C45CCN6CC7=CCOC2C(C7CC64)C35)cc1. The summed E-state index contributed by atoms with van der Waals surface area (Å²) in [6, 6.07) is 18.0. The van der Waals surface area contributed by atoms with Crippen molar-refractivity contribution in [1.82, 2.24) is 4.90 Å². The molecule has 0 radical (unpaired) electrons. The molecule has 2 aromatic carbocycles. The average Bonchev–Trinajstić information content (AvgIpc) is 3.29. The molecule has 8 rings (SSSR count). The van der Waals surface area contributed by atoms with Crippen molar-refractivity contribution < 1.29 is 9.53 Å². The molecule has 5 aliphatic heterocycles. The molecule has 0 aromatic heterocycles. The Hall–Kier alpha value is -2.69. The molecule has 5 heterocycles. The van der Waals surface area contributed by atoms with Crippen LogP contribution in [0.25, 0.3) is 6.08 Å². The minimum absolute atomic E-state index is 0.0420. The number of para-hydroxylation sites is 1. The van der Waals surface area contributed by atoms with Crippen LogP contribution in [0, 0.1) is 18.8 Å². The predicted molar refractivity (Wildman–Crippen MR) is 128 cm³/mol. The third-order valence-corrected chi connectivity index (χ3v) is 9.63. The molecule has 166 valence electrons. The topological polar surface area (TPSA) is 32.8 Å². The third-order valence-electron chi connectivity index (χ3n) is 9.63. The molecule has 4 nitrogen and oxygen atoms in total. The maximum absolute atomic E-state index is 14.3. The van der Waals surface area contributed by atoms with E-state index in [0.717, 1.165) is 36.3 Å². The molecule has 1 aliphatic carbocycles. The highest BCUT2D eigenvalue weighted by atomic mass is 16.5. The Kier molecular flexibility index (Phi) is 3.54. The van der Waals surface area contributed by atoms with E-state index in [0.29, 0.717) is 24.5 Å². The van der Waals surface area contributed by atoms with Gasteiger partial charge in [-0.3, -0.25) is 9.69 Å². The fourth-order valence-electron chi connectivity index (χ4n) is 8.43. The summed E-state index contributed by atoms with van der Waals surface area (Å²) < 4.78 is 6.59. The van der Waals surface area contributed by atoms with E-state index in [2.05, 4.69) is 77.4 Å². The zero-order valence-corrected chi connectivity index (χ0v) is 18.9. The number of fused-ring (bicyclic) bond motifs is 2. The van der Waals surface area contributed by atoms with E-state index in [9.17, 15) is 4.79 Å². The summed E-state index contributed by atoms with van der Waals surface area (Å²) in [5.74, 6) is 0.964. The molecule has 2 aromatic rings. The molecule has 4 heteroatoms. The minimum atomic E-state index is -0.141. The van der Waals surface area contributed by atoms with Crippen LogP contribution in [0.1, 0.15) is 29.5 Å². The molecule has 1 spiro atoms. The van der Waals surface area contributed by atoms with Crippen LogP contribution in [0.5, 0.6) is 0 Å². The summed E-state index contributed by atoms with van der Waals surface area (Å²) in [5, 5.41) is 0. The van der Waals surface area contributed by atoms with Gasteiger partial charge in [0.25, 0.3) is 5.91 Å². The van der Waals surface area contributed by atoms with Gasteiger partial charge in [0.05, 0.1) is 18.8 Å². The van der Waals surface area contributed by atoms with Crippen molar-refractivity contribution >= 4 is 17.7 Å². The Bertz CT molecular complexity index is 1260. The zero-order chi connectivity index (χ0) is 21.9. The van der Waals surface area contributed by atoms with E-state index in [-0.39, 0.29) is 23.5 Å². The summed E-state index contributed by atoms with van der Waals surface area (Å²) in [6.07, 6.45) is 6.64. The number of carbonyl (C=O) groups is 1. The Labute approximate surface area is 194 Å². The molecule has 33 heavy (non-hydrogen) atoms. The summed E-state index contributed by atoms with van der Waals surface area (Å²) in [7, 11) is 0. The Morgan fingerprint density at radius 2 is 1.97 bits per heavy atom. The lowest BCUT2D eigenvalue weighted by molar-refractivity contribution is -0.123. The number of hydrogen-bond donors (Lipinski definition) is 0. The first-order valence-electron chi connectivity index (χ1n) is 12.4. The van der Waals surface area contributed by atoms with E-state index in [1.165, 1.54) is 17.5 Å². The number of hydrogen-bond acceptors (Lipinski definition) is 3. The average molecular weight is 437 g/mol. The second-order valence-electron chi connectivity index (χ2n) is 10.9. The molecule has 6 atom stereocenters. The predicted octanol–water partition coefficient (Wildman–Crippen LogP) is 4.09. The highest BCUT2D eigenvalue weighted by Crippen LogP contribution is 2.66. The van der Waals surface area contributed by atoms with Crippen LogP contribution < -0.4 is 4.90 Å². The normalized spacial score (nSPS) is 38.9. The summed E-state index contributed by atoms with van der Waals surface area (Å²) in [5.41, 5.74) is 7.28. The quantitative estimate of drug-likeness (QED) is 0.499.